The van der Waals surface area contributed by atoms with E-state index in [-0.39, 0.29) is 24.7 Å². The van der Waals surface area contributed by atoms with E-state index in [1.807, 2.05) is 60.7 Å². The van der Waals surface area contributed by atoms with Crippen molar-refractivity contribution in [3.63, 3.8) is 0 Å². The first-order chi connectivity index (χ1) is 18.5. The van der Waals surface area contributed by atoms with Crippen LogP contribution in [-0.2, 0) is 32.0 Å². The predicted molar refractivity (Wildman–Crippen MR) is 144 cm³/mol. The number of carbonyl (C=O) groups is 4. The average molecular weight is 520 g/mol. The molecule has 2 heterocycles. The number of nitrogens with two attached hydrogens (primary N) is 1. The predicted octanol–water partition coefficient (Wildman–Crippen LogP) is 1.06. The zero-order chi connectivity index (χ0) is 26.9. The summed E-state index contributed by atoms with van der Waals surface area (Å²) in [6, 6.07) is 15.6. The van der Waals surface area contributed by atoms with Crippen LogP contribution in [0.1, 0.15) is 43.2 Å². The third-order valence-electron chi connectivity index (χ3n) is 7.23. The molecule has 4 atom stereocenters. The molecule has 2 aromatic rings. The molecule has 0 spiro atoms. The number of nitrogens with one attached hydrogen (secondary N) is 3. The first-order valence-corrected chi connectivity index (χ1v) is 13.5. The maximum absolute atomic E-state index is 13.8. The zero-order valence-electron chi connectivity index (χ0n) is 21.6. The van der Waals surface area contributed by atoms with Crippen molar-refractivity contribution in [1.82, 2.24) is 20.9 Å². The molecule has 0 aromatic heterocycles. The highest BCUT2D eigenvalue weighted by Gasteiger charge is 2.40. The van der Waals surface area contributed by atoms with E-state index in [9.17, 15) is 19.2 Å². The number of unbranched alkanes of at least 4 members (excludes halogenated alkanes) is 1. The molecule has 202 valence electrons. The van der Waals surface area contributed by atoms with Crippen LogP contribution in [0, 0.1) is 0 Å². The molecule has 2 aliphatic heterocycles. The molecule has 0 bridgehead atoms. The van der Waals surface area contributed by atoms with Gasteiger partial charge in [0.05, 0.1) is 0 Å². The van der Waals surface area contributed by atoms with Crippen LogP contribution >= 0.6 is 0 Å². The number of hydrogen-bond acceptors (Lipinski definition) is 5. The maximum Gasteiger partial charge on any atom is 0.246 e. The number of rotatable bonds is 8. The fraction of sp³-hybridized carbons (Fsp3) is 0.448. The first kappa shape index (κ1) is 27.3. The maximum atomic E-state index is 13.8. The van der Waals surface area contributed by atoms with Crippen LogP contribution in [0.3, 0.4) is 0 Å². The Kier molecular flexibility index (Phi) is 9.48. The van der Waals surface area contributed by atoms with Crippen molar-refractivity contribution in [2.45, 2.75) is 69.1 Å². The molecule has 38 heavy (non-hydrogen) atoms. The van der Waals surface area contributed by atoms with E-state index in [1.54, 1.807) is 4.90 Å². The first-order valence-electron chi connectivity index (χ1n) is 13.5. The minimum atomic E-state index is -0.918. The van der Waals surface area contributed by atoms with Gasteiger partial charge in [-0.2, -0.15) is 0 Å². The summed E-state index contributed by atoms with van der Waals surface area (Å²) in [6.07, 6.45) is 3.48. The van der Waals surface area contributed by atoms with Gasteiger partial charge in [0, 0.05) is 19.4 Å². The zero-order valence-corrected chi connectivity index (χ0v) is 21.6. The molecule has 9 nitrogen and oxygen atoms in total. The summed E-state index contributed by atoms with van der Waals surface area (Å²) in [5.74, 6) is -1.47. The van der Waals surface area contributed by atoms with Gasteiger partial charge in [0.2, 0.25) is 23.6 Å². The van der Waals surface area contributed by atoms with Crippen molar-refractivity contribution in [2.24, 2.45) is 5.73 Å². The van der Waals surface area contributed by atoms with Crippen LogP contribution in [0.5, 0.6) is 0 Å². The third kappa shape index (κ3) is 6.98. The summed E-state index contributed by atoms with van der Waals surface area (Å²) in [7, 11) is 0. The Hall–Kier alpha value is -3.72. The standard InChI is InChI=1S/C29H37N5O4/c30-16-8-7-14-22-26(35)32-23(18-20-10-3-1-4-11-20)27(36)33-24(19-21-12-5-2-6-13-21)29(38)34-17-9-15-25(34)28(37)31-22/h1-6,10-13,22-25H,7-9,14-19,30H2,(H,31,37)(H,32,35)(H,33,36)/t22-,23-,24-,25+/m0/s1. The van der Waals surface area contributed by atoms with Crippen molar-refractivity contribution in [2.75, 3.05) is 13.1 Å². The molecule has 0 aliphatic carbocycles. The molecular weight excluding hydrogens is 482 g/mol. The summed E-state index contributed by atoms with van der Waals surface area (Å²) >= 11 is 0. The Bertz CT molecular complexity index is 1110. The number of amides is 4. The molecule has 0 radical (unpaired) electrons. The second kappa shape index (κ2) is 13.2. The van der Waals surface area contributed by atoms with Crippen molar-refractivity contribution in [3.8, 4) is 0 Å². The monoisotopic (exact) mass is 519 g/mol. The molecule has 9 heteroatoms. The van der Waals surface area contributed by atoms with E-state index in [2.05, 4.69) is 16.0 Å². The van der Waals surface area contributed by atoms with Gasteiger partial charge in [-0.05, 0) is 49.8 Å². The lowest BCUT2D eigenvalue weighted by Crippen LogP contribution is -2.62. The quantitative estimate of drug-likeness (QED) is 0.387. The Morgan fingerprint density at radius 2 is 1.26 bits per heavy atom. The van der Waals surface area contributed by atoms with Gasteiger partial charge in [0.15, 0.2) is 0 Å². The molecule has 2 aliphatic rings. The second-order valence-corrected chi connectivity index (χ2v) is 10.0. The largest absolute Gasteiger partial charge is 0.343 e. The van der Waals surface area contributed by atoms with Crippen LogP contribution < -0.4 is 21.7 Å². The van der Waals surface area contributed by atoms with Gasteiger partial charge in [-0.3, -0.25) is 19.2 Å². The molecule has 5 N–H and O–H groups in total. The van der Waals surface area contributed by atoms with E-state index in [1.165, 1.54) is 0 Å². The van der Waals surface area contributed by atoms with Crippen LogP contribution in [0.2, 0.25) is 0 Å². The number of benzene rings is 2. The molecule has 4 rings (SSSR count). The summed E-state index contributed by atoms with van der Waals surface area (Å²) in [4.78, 5) is 55.8. The fourth-order valence-corrected chi connectivity index (χ4v) is 5.19. The Morgan fingerprint density at radius 3 is 1.89 bits per heavy atom. The van der Waals surface area contributed by atoms with E-state index < -0.39 is 36.0 Å². The minimum absolute atomic E-state index is 0.250. The SMILES string of the molecule is NCCCC[C@@H]1NC(=O)[C@H]2CCCN2C(=O)[C@H](Cc2ccccc2)NC(=O)[C@H](Cc2ccccc2)NC1=O. The number of hydrogen-bond donors (Lipinski definition) is 4. The fourth-order valence-electron chi connectivity index (χ4n) is 5.19. The molecule has 2 aromatic carbocycles. The van der Waals surface area contributed by atoms with Crippen molar-refractivity contribution < 1.29 is 19.2 Å². The van der Waals surface area contributed by atoms with E-state index >= 15 is 0 Å². The Labute approximate surface area is 223 Å². The van der Waals surface area contributed by atoms with Crippen molar-refractivity contribution in [3.05, 3.63) is 71.8 Å². The van der Waals surface area contributed by atoms with Crippen LogP contribution in [0.15, 0.2) is 60.7 Å². The van der Waals surface area contributed by atoms with Gasteiger partial charge in [0.1, 0.15) is 24.2 Å². The highest BCUT2D eigenvalue weighted by Crippen LogP contribution is 2.21. The van der Waals surface area contributed by atoms with Gasteiger partial charge in [-0.15, -0.1) is 0 Å². The van der Waals surface area contributed by atoms with Crippen LogP contribution in [-0.4, -0.2) is 65.8 Å². The molecule has 4 amide bonds. The topological polar surface area (TPSA) is 134 Å². The molecular formula is C29H37N5O4. The highest BCUT2D eigenvalue weighted by molar-refractivity contribution is 5.98. The summed E-state index contributed by atoms with van der Waals surface area (Å²) < 4.78 is 0. The molecule has 2 fully saturated rings. The second-order valence-electron chi connectivity index (χ2n) is 10.0. The lowest BCUT2D eigenvalue weighted by molar-refractivity contribution is -0.143. The Morgan fingerprint density at radius 1 is 0.711 bits per heavy atom. The summed E-state index contributed by atoms with van der Waals surface area (Å²) in [6.45, 7) is 0.907. The normalized spacial score (nSPS) is 24.5. The van der Waals surface area contributed by atoms with Gasteiger partial charge < -0.3 is 26.6 Å². The summed E-state index contributed by atoms with van der Waals surface area (Å²) in [5.41, 5.74) is 7.40. The lowest BCUT2D eigenvalue weighted by Gasteiger charge is -2.32. The van der Waals surface area contributed by atoms with Crippen LogP contribution in [0.25, 0.3) is 0 Å². The number of fused-ring (bicyclic) bond motifs is 1. The molecule has 0 saturated carbocycles. The van der Waals surface area contributed by atoms with Gasteiger partial charge in [0.25, 0.3) is 0 Å². The van der Waals surface area contributed by atoms with Gasteiger partial charge in [-0.25, -0.2) is 0 Å². The lowest BCUT2D eigenvalue weighted by atomic mass is 10.00. The summed E-state index contributed by atoms with van der Waals surface area (Å²) in [5, 5.41) is 8.68. The minimum Gasteiger partial charge on any atom is -0.343 e. The average Bonchev–Trinajstić information content (AvgIpc) is 3.42. The molecule has 0 unspecified atom stereocenters. The van der Waals surface area contributed by atoms with Gasteiger partial charge >= 0.3 is 0 Å². The van der Waals surface area contributed by atoms with E-state index in [0.717, 1.165) is 11.1 Å². The molecule has 2 saturated heterocycles. The van der Waals surface area contributed by atoms with Crippen LogP contribution in [0.4, 0.5) is 0 Å². The van der Waals surface area contributed by atoms with Gasteiger partial charge in [-0.1, -0.05) is 60.7 Å². The third-order valence-corrected chi connectivity index (χ3v) is 7.23. The van der Waals surface area contributed by atoms with Crippen molar-refractivity contribution >= 4 is 23.6 Å². The Balaban J connectivity index is 1.66. The van der Waals surface area contributed by atoms with E-state index in [4.69, 9.17) is 5.73 Å². The van der Waals surface area contributed by atoms with E-state index in [0.29, 0.717) is 45.2 Å². The highest BCUT2D eigenvalue weighted by atomic mass is 16.2. The van der Waals surface area contributed by atoms with Crippen molar-refractivity contribution in [1.29, 1.82) is 0 Å². The number of nitrogens with zero attached hydrogens (tertiary/aromatic N) is 1. The number of carbonyl (C=O) groups excluding carboxylic acids is 4. The smallest absolute Gasteiger partial charge is 0.246 e.